The molecule has 0 aromatic heterocycles. The van der Waals surface area contributed by atoms with Gasteiger partial charge < -0.3 is 10.2 Å². The van der Waals surface area contributed by atoms with Gasteiger partial charge in [-0.05, 0) is 48.7 Å². The lowest BCUT2D eigenvalue weighted by atomic mass is 10.1. The van der Waals surface area contributed by atoms with Crippen LogP contribution in [0.5, 0.6) is 0 Å². The molecule has 0 saturated carbocycles. The van der Waals surface area contributed by atoms with Crippen LogP contribution in [0.1, 0.15) is 27.9 Å². The van der Waals surface area contributed by atoms with Crippen molar-refractivity contribution < 1.29 is 9.59 Å². The summed E-state index contributed by atoms with van der Waals surface area (Å²) in [4.78, 5) is 29.7. The Kier molecular flexibility index (Phi) is 6.23. The third-order valence-electron chi connectivity index (χ3n) is 5.34. The van der Waals surface area contributed by atoms with Crippen molar-refractivity contribution in [3.63, 3.8) is 0 Å². The molecule has 1 saturated heterocycles. The third-order valence-corrected chi connectivity index (χ3v) is 5.67. The highest BCUT2D eigenvalue weighted by atomic mass is 35.5. The van der Waals surface area contributed by atoms with Gasteiger partial charge in [0.1, 0.15) is 0 Å². The molecular formula is C25H24ClN3O2. The van der Waals surface area contributed by atoms with Crippen molar-refractivity contribution >= 4 is 34.9 Å². The second-order valence-corrected chi connectivity index (χ2v) is 8.06. The average Bonchev–Trinajstić information content (AvgIpc) is 2.77. The normalized spacial score (nSPS) is 13.9. The van der Waals surface area contributed by atoms with Crippen LogP contribution < -0.4 is 10.2 Å². The first-order chi connectivity index (χ1) is 15.0. The Hall–Kier alpha value is -3.31. The maximum Gasteiger partial charge on any atom is 0.324 e. The molecule has 3 aromatic carbocycles. The second kappa shape index (κ2) is 9.23. The molecule has 0 spiro atoms. The molecule has 1 N–H and O–H groups in total. The van der Waals surface area contributed by atoms with Gasteiger partial charge in [0.15, 0.2) is 0 Å². The maximum absolute atomic E-state index is 13.3. The van der Waals surface area contributed by atoms with Crippen molar-refractivity contribution in [2.24, 2.45) is 0 Å². The van der Waals surface area contributed by atoms with Crippen LogP contribution in [-0.4, -0.2) is 29.9 Å². The minimum Gasteiger partial charge on any atom is -0.320 e. The van der Waals surface area contributed by atoms with Gasteiger partial charge in [-0.25, -0.2) is 4.79 Å². The van der Waals surface area contributed by atoms with Crippen molar-refractivity contribution in [1.82, 2.24) is 4.90 Å². The van der Waals surface area contributed by atoms with Crippen molar-refractivity contribution in [1.29, 1.82) is 0 Å². The summed E-state index contributed by atoms with van der Waals surface area (Å²) >= 11 is 6.19. The number of amides is 3. The zero-order valence-corrected chi connectivity index (χ0v) is 18.1. The summed E-state index contributed by atoms with van der Waals surface area (Å²) in [5.41, 5.74) is 3.76. The Morgan fingerprint density at radius 1 is 1.00 bits per heavy atom. The number of nitrogens with zero attached hydrogens (tertiary/aromatic N) is 2. The number of anilines is 2. The van der Waals surface area contributed by atoms with Crippen LogP contribution in [0.4, 0.5) is 16.2 Å². The van der Waals surface area contributed by atoms with Crippen molar-refractivity contribution in [2.75, 3.05) is 23.3 Å². The Morgan fingerprint density at radius 3 is 2.52 bits per heavy atom. The molecule has 1 aliphatic heterocycles. The molecule has 1 fully saturated rings. The topological polar surface area (TPSA) is 52.6 Å². The van der Waals surface area contributed by atoms with Gasteiger partial charge in [0, 0.05) is 19.6 Å². The lowest BCUT2D eigenvalue weighted by molar-refractivity contribution is 0.102. The quantitative estimate of drug-likeness (QED) is 0.558. The molecule has 1 heterocycles. The third kappa shape index (κ3) is 4.72. The highest BCUT2D eigenvalue weighted by Crippen LogP contribution is 2.31. The molecule has 1 aliphatic rings. The first-order valence-corrected chi connectivity index (χ1v) is 10.7. The molecular weight excluding hydrogens is 410 g/mol. The predicted octanol–water partition coefficient (Wildman–Crippen LogP) is 5.73. The molecule has 5 nitrogen and oxygen atoms in total. The lowest BCUT2D eigenvalue weighted by Crippen LogP contribution is -2.49. The Balaban J connectivity index is 1.59. The molecule has 3 amide bonds. The molecule has 0 aliphatic carbocycles. The van der Waals surface area contributed by atoms with Gasteiger partial charge in [0.25, 0.3) is 5.91 Å². The van der Waals surface area contributed by atoms with E-state index in [0.717, 1.165) is 17.5 Å². The predicted molar refractivity (Wildman–Crippen MR) is 125 cm³/mol. The zero-order chi connectivity index (χ0) is 21.8. The molecule has 3 aromatic rings. The Bertz CT molecular complexity index is 1100. The molecule has 4 rings (SSSR count). The number of urea groups is 1. The van der Waals surface area contributed by atoms with Gasteiger partial charge in [0.2, 0.25) is 0 Å². The number of hydrogen-bond acceptors (Lipinski definition) is 2. The van der Waals surface area contributed by atoms with Crippen LogP contribution >= 0.6 is 11.6 Å². The van der Waals surface area contributed by atoms with E-state index in [1.54, 1.807) is 29.2 Å². The highest BCUT2D eigenvalue weighted by molar-refractivity contribution is 6.34. The van der Waals surface area contributed by atoms with Gasteiger partial charge in [-0.3, -0.25) is 9.69 Å². The summed E-state index contributed by atoms with van der Waals surface area (Å²) in [6.07, 6.45) is 0.852. The Morgan fingerprint density at radius 2 is 1.74 bits per heavy atom. The zero-order valence-electron chi connectivity index (χ0n) is 17.3. The Labute approximate surface area is 187 Å². The van der Waals surface area contributed by atoms with E-state index in [0.29, 0.717) is 41.6 Å². The van der Waals surface area contributed by atoms with Crippen molar-refractivity contribution in [2.45, 2.75) is 19.9 Å². The molecule has 158 valence electrons. The van der Waals surface area contributed by atoms with Crippen LogP contribution in [0.15, 0.2) is 72.8 Å². The number of halogens is 1. The van der Waals surface area contributed by atoms with Crippen LogP contribution in [0.3, 0.4) is 0 Å². The number of aryl methyl sites for hydroxylation is 1. The van der Waals surface area contributed by atoms with E-state index in [4.69, 9.17) is 11.6 Å². The smallest absolute Gasteiger partial charge is 0.320 e. The summed E-state index contributed by atoms with van der Waals surface area (Å²) in [6, 6.07) is 22.5. The van der Waals surface area contributed by atoms with E-state index in [-0.39, 0.29) is 11.9 Å². The molecule has 31 heavy (non-hydrogen) atoms. The van der Waals surface area contributed by atoms with Gasteiger partial charge in [-0.2, -0.15) is 0 Å². The van der Waals surface area contributed by atoms with Crippen LogP contribution in [0, 0.1) is 6.92 Å². The molecule has 0 bridgehead atoms. The average molecular weight is 434 g/mol. The van der Waals surface area contributed by atoms with E-state index in [1.807, 2.05) is 60.4 Å². The summed E-state index contributed by atoms with van der Waals surface area (Å²) in [5.74, 6) is -0.303. The monoisotopic (exact) mass is 433 g/mol. The fraction of sp³-hybridized carbons (Fsp3) is 0.200. The number of carbonyl (C=O) groups excluding carboxylic acids is 2. The largest absolute Gasteiger partial charge is 0.324 e. The van der Waals surface area contributed by atoms with Gasteiger partial charge in [-0.15, -0.1) is 0 Å². The number of rotatable bonds is 5. The van der Waals surface area contributed by atoms with E-state index in [9.17, 15) is 9.59 Å². The SMILES string of the molecule is Cc1ccc(N2CCCN(Cc3ccccc3)C2=O)c(NC(=O)c2ccccc2Cl)c1. The van der Waals surface area contributed by atoms with Crippen molar-refractivity contribution in [3.8, 4) is 0 Å². The standard InChI is InChI=1S/C25H24ClN3O2/c1-18-12-13-23(22(16-18)27-24(30)20-10-5-6-11-21(20)26)29-15-7-14-28(25(29)31)17-19-8-3-2-4-9-19/h2-6,8-13,16H,7,14-15,17H2,1H3,(H,27,30). The van der Waals surface area contributed by atoms with Crippen LogP contribution in [0.2, 0.25) is 5.02 Å². The number of benzene rings is 3. The lowest BCUT2D eigenvalue weighted by Gasteiger charge is -2.36. The highest BCUT2D eigenvalue weighted by Gasteiger charge is 2.28. The fourth-order valence-electron chi connectivity index (χ4n) is 3.78. The summed E-state index contributed by atoms with van der Waals surface area (Å²) in [6.45, 7) is 3.82. The van der Waals surface area contributed by atoms with E-state index < -0.39 is 0 Å². The van der Waals surface area contributed by atoms with Crippen LogP contribution in [0.25, 0.3) is 0 Å². The molecule has 0 radical (unpaired) electrons. The van der Waals surface area contributed by atoms with E-state index in [1.165, 1.54) is 0 Å². The van der Waals surface area contributed by atoms with Gasteiger partial charge in [0.05, 0.1) is 22.0 Å². The maximum atomic E-state index is 13.3. The minimum atomic E-state index is -0.303. The second-order valence-electron chi connectivity index (χ2n) is 7.65. The van der Waals surface area contributed by atoms with E-state index >= 15 is 0 Å². The van der Waals surface area contributed by atoms with Gasteiger partial charge in [-0.1, -0.05) is 60.1 Å². The number of nitrogens with one attached hydrogen (secondary N) is 1. The molecule has 0 atom stereocenters. The van der Waals surface area contributed by atoms with Gasteiger partial charge >= 0.3 is 6.03 Å². The van der Waals surface area contributed by atoms with Crippen molar-refractivity contribution in [3.05, 3.63) is 94.5 Å². The molecule has 6 heteroatoms. The fourth-order valence-corrected chi connectivity index (χ4v) is 4.00. The first kappa shape index (κ1) is 20.9. The number of carbonyl (C=O) groups is 2. The number of hydrogen-bond donors (Lipinski definition) is 1. The van der Waals surface area contributed by atoms with E-state index in [2.05, 4.69) is 5.32 Å². The summed E-state index contributed by atoms with van der Waals surface area (Å²) in [7, 11) is 0. The minimum absolute atomic E-state index is 0.0628. The van der Waals surface area contributed by atoms with Crippen LogP contribution in [-0.2, 0) is 6.54 Å². The molecule has 0 unspecified atom stereocenters. The summed E-state index contributed by atoms with van der Waals surface area (Å²) < 4.78 is 0. The first-order valence-electron chi connectivity index (χ1n) is 10.3. The summed E-state index contributed by atoms with van der Waals surface area (Å²) in [5, 5.41) is 3.34.